The minimum atomic E-state index is -1.57. The first kappa shape index (κ1) is 24.5. The molecule has 0 fully saturated rings. The molecule has 8 nitrogen and oxygen atoms in total. The fraction of sp³-hybridized carbons (Fsp3) is 0.273. The van der Waals surface area contributed by atoms with Gasteiger partial charge in [0.25, 0.3) is 11.5 Å². The summed E-state index contributed by atoms with van der Waals surface area (Å²) >= 11 is 3.21. The Hall–Kier alpha value is -3.18. The second kappa shape index (κ2) is 9.75. The van der Waals surface area contributed by atoms with Crippen molar-refractivity contribution in [2.45, 2.75) is 39.4 Å². The summed E-state index contributed by atoms with van der Waals surface area (Å²) in [7, 11) is 0. The molecule has 0 atom stereocenters. The Morgan fingerprint density at radius 1 is 1.27 bits per heavy atom. The number of nitrogens with one attached hydrogen (secondary N) is 2. The van der Waals surface area contributed by atoms with Gasteiger partial charge in [-0.3, -0.25) is 14.6 Å². The molecule has 0 aliphatic rings. The van der Waals surface area contributed by atoms with Gasteiger partial charge in [-0.05, 0) is 48.8 Å². The van der Waals surface area contributed by atoms with Gasteiger partial charge in [0.1, 0.15) is 34.1 Å². The Kier molecular flexibility index (Phi) is 7.23. The molecule has 0 radical (unpaired) electrons. The molecule has 1 aromatic carbocycles. The van der Waals surface area contributed by atoms with E-state index in [-0.39, 0.29) is 34.6 Å². The number of H-pyrrole nitrogens is 1. The van der Waals surface area contributed by atoms with Gasteiger partial charge in [-0.15, -0.1) is 0 Å². The van der Waals surface area contributed by atoms with Gasteiger partial charge in [0, 0.05) is 29.3 Å². The number of hydrogen-bond acceptors (Lipinski definition) is 6. The number of halogens is 3. The van der Waals surface area contributed by atoms with Crippen molar-refractivity contribution in [3.05, 3.63) is 79.6 Å². The van der Waals surface area contributed by atoms with Crippen LogP contribution in [-0.4, -0.2) is 31.6 Å². The summed E-state index contributed by atoms with van der Waals surface area (Å²) in [5, 5.41) is 12.2. The number of aromatic amines is 1. The lowest BCUT2D eigenvalue weighted by Crippen LogP contribution is -2.36. The predicted molar refractivity (Wildman–Crippen MR) is 120 cm³/mol. The summed E-state index contributed by atoms with van der Waals surface area (Å²) in [4.78, 5) is 35.2. The highest BCUT2D eigenvalue weighted by Gasteiger charge is 2.24. The fourth-order valence-electron chi connectivity index (χ4n) is 2.82. The maximum atomic E-state index is 14.0. The van der Waals surface area contributed by atoms with Crippen molar-refractivity contribution in [1.29, 1.82) is 0 Å². The molecule has 3 aromatic rings. The number of aliphatic hydroxyl groups is 1. The minimum absolute atomic E-state index is 0.118. The monoisotopic (exact) mass is 522 g/mol. The van der Waals surface area contributed by atoms with Crippen LogP contribution in [0.4, 0.5) is 14.6 Å². The normalized spacial score (nSPS) is 11.4. The number of ether oxygens (including phenoxy) is 1. The molecule has 0 spiro atoms. The SMILES string of the molecule is Cc1[nH]c(=O)c(Br)c(OCc2ccc(F)cc2F)c1Cc1cnc(NC(=O)C(C)(C)O)cn1. The molecule has 0 saturated carbocycles. The molecule has 33 heavy (non-hydrogen) atoms. The lowest BCUT2D eigenvalue weighted by molar-refractivity contribution is -0.130. The maximum Gasteiger partial charge on any atom is 0.266 e. The number of carbonyl (C=O) groups excluding carboxylic acids is 1. The van der Waals surface area contributed by atoms with Gasteiger partial charge in [0.15, 0.2) is 5.82 Å². The number of aromatic nitrogens is 3. The number of anilines is 1. The van der Waals surface area contributed by atoms with Gasteiger partial charge in [-0.25, -0.2) is 13.8 Å². The standard InChI is InChI=1S/C22H21BrF2N4O4/c1-11-15(7-14-8-27-17(9-26-14)29-21(31)22(2,3)32)19(18(23)20(30)28-11)33-10-12-4-5-13(24)6-16(12)25/h4-6,8-9,32H,7,10H2,1-3H3,(H,28,30)(H,27,29,31). The molecule has 0 unspecified atom stereocenters. The van der Waals surface area contributed by atoms with Gasteiger partial charge in [-0.2, -0.15) is 0 Å². The molecule has 0 saturated heterocycles. The van der Waals surface area contributed by atoms with Gasteiger partial charge in [0.05, 0.1) is 18.1 Å². The van der Waals surface area contributed by atoms with Crippen molar-refractivity contribution in [2.75, 3.05) is 5.32 Å². The summed E-state index contributed by atoms with van der Waals surface area (Å²) in [6.07, 6.45) is 2.97. The van der Waals surface area contributed by atoms with E-state index in [2.05, 4.69) is 36.2 Å². The van der Waals surface area contributed by atoms with Crippen LogP contribution in [0.15, 0.2) is 39.9 Å². The van der Waals surface area contributed by atoms with Crippen molar-refractivity contribution in [1.82, 2.24) is 15.0 Å². The summed E-state index contributed by atoms with van der Waals surface area (Å²) in [6.45, 7) is 4.15. The number of aryl methyl sites for hydroxylation is 1. The Morgan fingerprint density at radius 3 is 2.61 bits per heavy atom. The van der Waals surface area contributed by atoms with Crippen molar-refractivity contribution >= 4 is 27.7 Å². The third-order valence-electron chi connectivity index (χ3n) is 4.67. The molecule has 1 amide bonds. The third-order valence-corrected chi connectivity index (χ3v) is 5.39. The van der Waals surface area contributed by atoms with Gasteiger partial charge in [0.2, 0.25) is 0 Å². The topological polar surface area (TPSA) is 117 Å². The lowest BCUT2D eigenvalue weighted by atomic mass is 10.1. The fourth-order valence-corrected chi connectivity index (χ4v) is 3.27. The van der Waals surface area contributed by atoms with Crippen LogP contribution in [0.25, 0.3) is 0 Å². The Labute approximate surface area is 196 Å². The Balaban J connectivity index is 1.85. The van der Waals surface area contributed by atoms with Crippen LogP contribution >= 0.6 is 15.9 Å². The Bertz CT molecular complexity index is 1240. The number of nitrogens with zero attached hydrogens (tertiary/aromatic N) is 2. The van der Waals surface area contributed by atoms with E-state index >= 15 is 0 Å². The number of amides is 1. The maximum absolute atomic E-state index is 14.0. The zero-order chi connectivity index (χ0) is 24.3. The van der Waals surface area contributed by atoms with E-state index in [1.165, 1.54) is 32.3 Å². The van der Waals surface area contributed by atoms with E-state index in [0.717, 1.165) is 12.1 Å². The zero-order valence-corrected chi connectivity index (χ0v) is 19.6. The van der Waals surface area contributed by atoms with Gasteiger partial charge < -0.3 is 20.1 Å². The van der Waals surface area contributed by atoms with Crippen molar-refractivity contribution in [3.8, 4) is 5.75 Å². The van der Waals surface area contributed by atoms with Crippen molar-refractivity contribution in [2.24, 2.45) is 0 Å². The quantitative estimate of drug-likeness (QED) is 0.437. The highest BCUT2D eigenvalue weighted by atomic mass is 79.9. The molecule has 3 N–H and O–H groups in total. The molecule has 0 aliphatic heterocycles. The van der Waals surface area contributed by atoms with E-state index in [1.54, 1.807) is 6.92 Å². The molecule has 3 rings (SSSR count). The molecular weight excluding hydrogens is 502 g/mol. The molecular formula is C22H21BrF2N4O4. The first-order chi connectivity index (χ1) is 15.5. The summed E-state index contributed by atoms with van der Waals surface area (Å²) in [5.74, 6) is -1.74. The van der Waals surface area contributed by atoms with Crippen LogP contribution < -0.4 is 15.6 Å². The van der Waals surface area contributed by atoms with Crippen LogP contribution in [0.1, 0.15) is 36.4 Å². The van der Waals surface area contributed by atoms with Crippen LogP contribution in [0.5, 0.6) is 5.75 Å². The second-order valence-corrected chi connectivity index (χ2v) is 8.60. The molecule has 11 heteroatoms. The zero-order valence-electron chi connectivity index (χ0n) is 18.0. The van der Waals surface area contributed by atoms with Crippen LogP contribution in [-0.2, 0) is 17.8 Å². The van der Waals surface area contributed by atoms with Gasteiger partial charge >= 0.3 is 0 Å². The molecule has 174 valence electrons. The van der Waals surface area contributed by atoms with Crippen LogP contribution in [0, 0.1) is 18.6 Å². The number of pyridine rings is 1. The largest absolute Gasteiger partial charge is 0.487 e. The number of benzene rings is 1. The second-order valence-electron chi connectivity index (χ2n) is 7.81. The number of hydrogen-bond donors (Lipinski definition) is 3. The van der Waals surface area contributed by atoms with Gasteiger partial charge in [-0.1, -0.05) is 0 Å². The minimum Gasteiger partial charge on any atom is -0.487 e. The smallest absolute Gasteiger partial charge is 0.266 e. The average Bonchev–Trinajstić information content (AvgIpc) is 2.73. The molecule has 0 bridgehead atoms. The number of rotatable bonds is 7. The summed E-state index contributed by atoms with van der Waals surface area (Å²) in [6, 6.07) is 3.14. The number of carbonyl (C=O) groups is 1. The first-order valence-corrected chi connectivity index (χ1v) is 10.6. The van der Waals surface area contributed by atoms with E-state index in [4.69, 9.17) is 4.74 Å². The van der Waals surface area contributed by atoms with Crippen LogP contribution in [0.2, 0.25) is 0 Å². The van der Waals surface area contributed by atoms with Crippen LogP contribution in [0.3, 0.4) is 0 Å². The van der Waals surface area contributed by atoms with Crippen molar-refractivity contribution < 1.29 is 23.4 Å². The molecule has 2 aromatic heterocycles. The molecule has 2 heterocycles. The predicted octanol–water partition coefficient (Wildman–Crippen LogP) is 3.39. The lowest BCUT2D eigenvalue weighted by Gasteiger charge is -2.17. The van der Waals surface area contributed by atoms with E-state index < -0.39 is 28.7 Å². The van der Waals surface area contributed by atoms with E-state index in [9.17, 15) is 23.5 Å². The van der Waals surface area contributed by atoms with E-state index in [1.807, 2.05) is 0 Å². The average molecular weight is 523 g/mol. The van der Waals surface area contributed by atoms with Crippen molar-refractivity contribution in [3.63, 3.8) is 0 Å². The highest BCUT2D eigenvalue weighted by Crippen LogP contribution is 2.30. The summed E-state index contributed by atoms with van der Waals surface area (Å²) in [5.41, 5.74) is -0.294. The first-order valence-electron chi connectivity index (χ1n) is 9.78. The van der Waals surface area contributed by atoms with E-state index in [0.29, 0.717) is 17.0 Å². The summed E-state index contributed by atoms with van der Waals surface area (Å²) < 4.78 is 33.0. The third kappa shape index (κ3) is 5.99. The highest BCUT2D eigenvalue weighted by molar-refractivity contribution is 9.10. The Morgan fingerprint density at radius 2 is 2.00 bits per heavy atom. The molecule has 0 aliphatic carbocycles.